The predicted octanol–water partition coefficient (Wildman–Crippen LogP) is 3.47. The summed E-state index contributed by atoms with van der Waals surface area (Å²) in [6, 6.07) is 13.2. The van der Waals surface area contributed by atoms with Gasteiger partial charge in [0.05, 0.1) is 23.5 Å². The molecular formula is C22H23ClN4O4S. The second-order valence-electron chi connectivity index (χ2n) is 7.43. The average Bonchev–Trinajstić information content (AvgIpc) is 3.30. The van der Waals surface area contributed by atoms with Crippen LogP contribution in [0.3, 0.4) is 0 Å². The van der Waals surface area contributed by atoms with E-state index in [9.17, 15) is 13.2 Å². The molecule has 32 heavy (non-hydrogen) atoms. The molecule has 0 bridgehead atoms. The summed E-state index contributed by atoms with van der Waals surface area (Å²) in [5.41, 5.74) is 1.39. The van der Waals surface area contributed by atoms with E-state index in [1.54, 1.807) is 24.7 Å². The number of anilines is 1. The van der Waals surface area contributed by atoms with Crippen LogP contribution in [0.1, 0.15) is 12.0 Å². The van der Waals surface area contributed by atoms with E-state index in [2.05, 4.69) is 10.3 Å². The van der Waals surface area contributed by atoms with E-state index in [4.69, 9.17) is 16.3 Å². The lowest BCUT2D eigenvalue weighted by molar-refractivity contribution is 0.100. The standard InChI is InChI=1S/C22H23ClN4O4S/c23-18-6-8-20(9-7-18)32(29,30)27-15-19(14-17-4-1-2-5-21(17)27)31-22(28)25-10-3-12-26-13-11-24-16-26/h1-2,4-9,11,13,16,19H,3,10,12,14-15H2,(H,25,28). The highest BCUT2D eigenvalue weighted by Gasteiger charge is 2.34. The molecule has 2 heterocycles. The number of halogens is 1. The third-order valence-corrected chi connectivity index (χ3v) is 7.22. The number of carbonyl (C=O) groups is 1. The lowest BCUT2D eigenvalue weighted by Crippen LogP contribution is -2.45. The van der Waals surface area contributed by atoms with Crippen molar-refractivity contribution in [2.45, 2.75) is 30.4 Å². The second-order valence-corrected chi connectivity index (χ2v) is 9.73. The Morgan fingerprint density at radius 1 is 1.19 bits per heavy atom. The third kappa shape index (κ3) is 5.05. The molecule has 1 aromatic heterocycles. The van der Waals surface area contributed by atoms with Gasteiger partial charge in [0.15, 0.2) is 0 Å². The Bertz CT molecular complexity index is 1170. The number of carbonyl (C=O) groups excluding carboxylic acids is 1. The molecule has 1 unspecified atom stereocenters. The molecular weight excluding hydrogens is 452 g/mol. The van der Waals surface area contributed by atoms with Crippen LogP contribution in [-0.4, -0.2) is 43.3 Å². The first-order chi connectivity index (χ1) is 15.4. The Morgan fingerprint density at radius 2 is 1.97 bits per heavy atom. The van der Waals surface area contributed by atoms with Crippen molar-refractivity contribution in [3.63, 3.8) is 0 Å². The van der Waals surface area contributed by atoms with Crippen LogP contribution in [-0.2, 0) is 27.7 Å². The number of rotatable bonds is 7. The fourth-order valence-electron chi connectivity index (χ4n) is 3.62. The first kappa shape index (κ1) is 22.2. The summed E-state index contributed by atoms with van der Waals surface area (Å²) in [7, 11) is -3.85. The molecule has 4 rings (SSSR count). The van der Waals surface area contributed by atoms with E-state index in [-0.39, 0.29) is 11.4 Å². The van der Waals surface area contributed by atoms with Gasteiger partial charge in [0.25, 0.3) is 10.0 Å². The summed E-state index contributed by atoms with van der Waals surface area (Å²) in [4.78, 5) is 16.4. The molecule has 0 saturated heterocycles. The van der Waals surface area contributed by atoms with Gasteiger partial charge in [-0.3, -0.25) is 4.31 Å². The summed E-state index contributed by atoms with van der Waals surface area (Å²) in [5.74, 6) is 0. The fourth-order valence-corrected chi connectivity index (χ4v) is 5.28. The maximum Gasteiger partial charge on any atom is 0.407 e. The monoisotopic (exact) mass is 474 g/mol. The Labute approximate surface area is 191 Å². The highest BCUT2D eigenvalue weighted by atomic mass is 35.5. The van der Waals surface area contributed by atoms with Gasteiger partial charge in [-0.1, -0.05) is 29.8 Å². The number of benzene rings is 2. The molecule has 0 aliphatic carbocycles. The van der Waals surface area contributed by atoms with Crippen LogP contribution in [0.2, 0.25) is 5.02 Å². The van der Waals surface area contributed by atoms with E-state index in [0.29, 0.717) is 23.7 Å². The van der Waals surface area contributed by atoms with E-state index < -0.39 is 22.2 Å². The highest BCUT2D eigenvalue weighted by Crippen LogP contribution is 2.33. The number of imidazole rings is 1. The molecule has 3 aromatic rings. The van der Waals surface area contributed by atoms with Gasteiger partial charge in [0.2, 0.25) is 0 Å². The third-order valence-electron chi connectivity index (χ3n) is 5.17. The number of nitrogens with one attached hydrogen (secondary N) is 1. The minimum absolute atomic E-state index is 0.0322. The fraction of sp³-hybridized carbons (Fsp3) is 0.273. The molecule has 1 aliphatic heterocycles. The van der Waals surface area contributed by atoms with Gasteiger partial charge in [-0.15, -0.1) is 0 Å². The van der Waals surface area contributed by atoms with Crippen molar-refractivity contribution in [1.82, 2.24) is 14.9 Å². The van der Waals surface area contributed by atoms with Crippen LogP contribution in [0.25, 0.3) is 0 Å². The van der Waals surface area contributed by atoms with Gasteiger partial charge < -0.3 is 14.6 Å². The van der Waals surface area contributed by atoms with E-state index in [1.165, 1.54) is 28.6 Å². The molecule has 0 fully saturated rings. The average molecular weight is 475 g/mol. The highest BCUT2D eigenvalue weighted by molar-refractivity contribution is 7.92. The van der Waals surface area contributed by atoms with Gasteiger partial charge in [-0.25, -0.2) is 18.2 Å². The van der Waals surface area contributed by atoms with Crippen molar-refractivity contribution in [2.75, 3.05) is 17.4 Å². The maximum atomic E-state index is 13.3. The summed E-state index contributed by atoms with van der Waals surface area (Å²) >= 11 is 5.91. The van der Waals surface area contributed by atoms with E-state index in [1.807, 2.05) is 22.9 Å². The summed E-state index contributed by atoms with van der Waals surface area (Å²) in [6.45, 7) is 1.20. The lowest BCUT2D eigenvalue weighted by Gasteiger charge is -2.34. The van der Waals surface area contributed by atoms with Crippen LogP contribution in [0, 0.1) is 0 Å². The van der Waals surface area contributed by atoms with Gasteiger partial charge in [-0.2, -0.15) is 0 Å². The molecule has 0 saturated carbocycles. The summed E-state index contributed by atoms with van der Waals surface area (Å²) < 4.78 is 35.5. The molecule has 0 radical (unpaired) electrons. The zero-order valence-corrected chi connectivity index (χ0v) is 18.8. The van der Waals surface area contributed by atoms with E-state index >= 15 is 0 Å². The number of hydrogen-bond acceptors (Lipinski definition) is 5. The SMILES string of the molecule is O=C(NCCCn1ccnc1)OC1Cc2ccccc2N(S(=O)(=O)c2ccc(Cl)cc2)C1. The second kappa shape index (κ2) is 9.62. The number of ether oxygens (including phenoxy) is 1. The smallest absolute Gasteiger partial charge is 0.407 e. The van der Waals surface area contributed by atoms with Crippen LogP contribution in [0.15, 0.2) is 72.1 Å². The maximum absolute atomic E-state index is 13.3. The number of aryl methyl sites for hydroxylation is 1. The number of amides is 1. The zero-order valence-electron chi connectivity index (χ0n) is 17.2. The number of aromatic nitrogens is 2. The molecule has 1 aliphatic rings. The number of alkyl carbamates (subject to hydrolysis) is 1. The number of para-hydroxylation sites is 1. The Kier molecular flexibility index (Phi) is 6.66. The van der Waals surface area contributed by atoms with Crippen molar-refractivity contribution in [2.24, 2.45) is 0 Å². The van der Waals surface area contributed by atoms with Crippen LogP contribution < -0.4 is 9.62 Å². The first-order valence-corrected chi connectivity index (χ1v) is 12.0. The van der Waals surface area contributed by atoms with E-state index in [0.717, 1.165) is 18.5 Å². The van der Waals surface area contributed by atoms with Gasteiger partial charge in [0, 0.05) is 36.9 Å². The van der Waals surface area contributed by atoms with Crippen molar-refractivity contribution in [3.8, 4) is 0 Å². The predicted molar refractivity (Wildman–Crippen MR) is 121 cm³/mol. The Hall–Kier alpha value is -3.04. The largest absolute Gasteiger partial charge is 0.444 e. The van der Waals surface area contributed by atoms with Crippen LogP contribution >= 0.6 is 11.6 Å². The number of fused-ring (bicyclic) bond motifs is 1. The molecule has 1 N–H and O–H groups in total. The topological polar surface area (TPSA) is 93.5 Å². The number of sulfonamides is 1. The Morgan fingerprint density at radius 3 is 2.72 bits per heavy atom. The van der Waals surface area contributed by atoms with Crippen molar-refractivity contribution in [3.05, 3.63) is 77.8 Å². The molecule has 168 valence electrons. The number of nitrogens with zero attached hydrogens (tertiary/aromatic N) is 3. The zero-order chi connectivity index (χ0) is 22.6. The Balaban J connectivity index is 1.43. The van der Waals surface area contributed by atoms with Crippen LogP contribution in [0.4, 0.5) is 10.5 Å². The quantitative estimate of drug-likeness (QED) is 0.529. The molecule has 1 atom stereocenters. The molecule has 2 aromatic carbocycles. The summed E-state index contributed by atoms with van der Waals surface area (Å²) in [6.07, 6.45) is 5.25. The minimum atomic E-state index is -3.85. The molecule has 10 heteroatoms. The van der Waals surface area contributed by atoms with Gasteiger partial charge in [0.1, 0.15) is 6.10 Å². The van der Waals surface area contributed by atoms with Crippen molar-refractivity contribution < 1.29 is 17.9 Å². The molecule has 1 amide bonds. The van der Waals surface area contributed by atoms with Gasteiger partial charge in [-0.05, 0) is 42.3 Å². The molecule has 0 spiro atoms. The van der Waals surface area contributed by atoms with Crippen LogP contribution in [0.5, 0.6) is 0 Å². The lowest BCUT2D eigenvalue weighted by atomic mass is 10.0. The van der Waals surface area contributed by atoms with Crippen molar-refractivity contribution >= 4 is 33.4 Å². The summed E-state index contributed by atoms with van der Waals surface area (Å²) in [5, 5.41) is 3.18. The van der Waals surface area contributed by atoms with Gasteiger partial charge >= 0.3 is 6.09 Å². The minimum Gasteiger partial charge on any atom is -0.444 e. The normalized spacial score (nSPS) is 15.8. The first-order valence-electron chi connectivity index (χ1n) is 10.2. The van der Waals surface area contributed by atoms with Crippen molar-refractivity contribution in [1.29, 1.82) is 0 Å². The molecule has 8 nitrogen and oxygen atoms in total. The number of hydrogen-bond donors (Lipinski definition) is 1.